The van der Waals surface area contributed by atoms with E-state index in [1.807, 2.05) is 19.3 Å². The lowest BCUT2D eigenvalue weighted by molar-refractivity contribution is -0.114. The Morgan fingerprint density at radius 1 is 1.44 bits per heavy atom. The summed E-state index contributed by atoms with van der Waals surface area (Å²) < 4.78 is 0. The van der Waals surface area contributed by atoms with Crippen LogP contribution in [0, 0.1) is 12.8 Å². The molecule has 0 radical (unpaired) electrons. The molecule has 0 saturated carbocycles. The lowest BCUT2D eigenvalue weighted by Gasteiger charge is -2.14. The maximum atomic E-state index is 11.0. The normalized spacial score (nSPS) is 16.8. The quantitative estimate of drug-likeness (QED) is 0.861. The van der Waals surface area contributed by atoms with Crippen molar-refractivity contribution in [2.75, 3.05) is 18.4 Å². The van der Waals surface area contributed by atoms with Gasteiger partial charge in [0, 0.05) is 43.0 Å². The van der Waals surface area contributed by atoms with E-state index in [-0.39, 0.29) is 26.8 Å². The first-order valence-corrected chi connectivity index (χ1v) is 8.76. The predicted molar refractivity (Wildman–Crippen MR) is 110 cm³/mol. The Morgan fingerprint density at radius 3 is 2.96 bits per heavy atom. The highest BCUT2D eigenvalue weighted by Gasteiger charge is 2.23. The van der Waals surface area contributed by atoms with Crippen LogP contribution in [-0.4, -0.2) is 33.9 Å². The van der Waals surface area contributed by atoms with Crippen LogP contribution in [0.1, 0.15) is 36.9 Å². The van der Waals surface area contributed by atoms with E-state index in [1.54, 1.807) is 11.3 Å². The van der Waals surface area contributed by atoms with Crippen LogP contribution in [0.15, 0.2) is 24.5 Å². The molecule has 3 rings (SSSR count). The number of pyridine rings is 1. The number of rotatable bonds is 5. The molecule has 3 heterocycles. The number of nitrogens with zero attached hydrogens (tertiary/aromatic N) is 3. The highest BCUT2D eigenvalue weighted by molar-refractivity contribution is 7.59. The molecule has 138 valence electrons. The molecule has 1 aliphatic rings. The van der Waals surface area contributed by atoms with Gasteiger partial charge in [0.1, 0.15) is 0 Å². The van der Waals surface area contributed by atoms with Crippen LogP contribution < -0.4 is 5.32 Å². The average Bonchev–Trinajstić information content (AvgIpc) is 3.09. The summed E-state index contributed by atoms with van der Waals surface area (Å²) in [7, 11) is 0. The van der Waals surface area contributed by atoms with E-state index in [9.17, 15) is 4.79 Å². The van der Waals surface area contributed by atoms with E-state index in [0.29, 0.717) is 11.0 Å². The zero-order valence-corrected chi connectivity index (χ0v) is 15.9. The van der Waals surface area contributed by atoms with E-state index in [4.69, 9.17) is 0 Å². The number of aromatic nitrogens is 2. The number of hydrogen-bond donors (Lipinski definition) is 1. The van der Waals surface area contributed by atoms with Gasteiger partial charge in [0.2, 0.25) is 5.91 Å². The molecule has 0 aromatic carbocycles. The van der Waals surface area contributed by atoms with Gasteiger partial charge in [0.25, 0.3) is 0 Å². The number of anilines is 1. The summed E-state index contributed by atoms with van der Waals surface area (Å²) in [5.41, 5.74) is 2.47. The molecule has 2 aromatic heterocycles. The van der Waals surface area contributed by atoms with E-state index in [0.717, 1.165) is 31.7 Å². The van der Waals surface area contributed by atoms with Crippen molar-refractivity contribution in [2.45, 2.75) is 40.7 Å². The van der Waals surface area contributed by atoms with Gasteiger partial charge in [-0.05, 0) is 49.9 Å². The third-order valence-electron chi connectivity index (χ3n) is 4.07. The van der Waals surface area contributed by atoms with Crippen molar-refractivity contribution in [1.29, 1.82) is 0 Å². The fourth-order valence-electron chi connectivity index (χ4n) is 3.10. The molecule has 2 aromatic rings. The lowest BCUT2D eigenvalue weighted by Crippen LogP contribution is -2.20. The molecular weight excluding hydrogens is 352 g/mol. The molecule has 1 saturated heterocycles. The van der Waals surface area contributed by atoms with Crippen LogP contribution in [0.5, 0.6) is 0 Å². The van der Waals surface area contributed by atoms with Crippen molar-refractivity contribution >= 4 is 35.9 Å². The third-order valence-corrected chi connectivity index (χ3v) is 4.97. The zero-order chi connectivity index (χ0) is 16.2. The average molecular weight is 381 g/mol. The molecule has 1 fully saturated rings. The lowest BCUT2D eigenvalue weighted by atomic mass is 9.99. The topological polar surface area (TPSA) is 58.1 Å². The Hall–Kier alpha value is -1.44. The van der Waals surface area contributed by atoms with Crippen molar-refractivity contribution < 1.29 is 4.79 Å². The molecule has 0 spiro atoms. The molecule has 5 nitrogen and oxygen atoms in total. The monoisotopic (exact) mass is 380 g/mol. The Morgan fingerprint density at radius 2 is 2.24 bits per heavy atom. The molecule has 1 amide bonds. The van der Waals surface area contributed by atoms with E-state index in [1.165, 1.54) is 23.8 Å². The highest BCUT2D eigenvalue weighted by Crippen LogP contribution is 2.25. The van der Waals surface area contributed by atoms with Gasteiger partial charge >= 0.3 is 0 Å². The van der Waals surface area contributed by atoms with Crippen LogP contribution in [0.2, 0.25) is 0 Å². The summed E-state index contributed by atoms with van der Waals surface area (Å²) in [5, 5.41) is 3.43. The second-order valence-corrected chi connectivity index (χ2v) is 7.33. The molecule has 1 aliphatic heterocycles. The number of amides is 1. The van der Waals surface area contributed by atoms with Crippen LogP contribution in [0.4, 0.5) is 5.13 Å². The summed E-state index contributed by atoms with van der Waals surface area (Å²) >= 11 is 1.56. The summed E-state index contributed by atoms with van der Waals surface area (Å²) in [6.45, 7) is 6.72. The smallest absolute Gasteiger partial charge is 0.223 e. The Labute approximate surface area is 161 Å². The third kappa shape index (κ3) is 6.41. The highest BCUT2D eigenvalue weighted by atomic mass is 32.1. The summed E-state index contributed by atoms with van der Waals surface area (Å²) in [5.74, 6) is 0.638. The van der Waals surface area contributed by atoms with Crippen LogP contribution in [0.25, 0.3) is 0 Å². The second-order valence-electron chi connectivity index (χ2n) is 6.21. The molecule has 0 bridgehead atoms. The maximum absolute atomic E-state index is 11.0. The standard InChI is InChI=1S/C17H22N4OS.CH4.H2S/c1-12-7-14(3-5-18-12)8-15-4-6-21(10-15)11-16-9-19-17(23-16)20-13(2)22;;/h3,5,7,9,15H,4,6,8,10-11H2,1-2H3,(H,19,20,22);1H4;1H2. The molecule has 7 heteroatoms. The van der Waals surface area contributed by atoms with Gasteiger partial charge in [-0.2, -0.15) is 13.5 Å². The number of nitrogens with one attached hydrogen (secondary N) is 1. The van der Waals surface area contributed by atoms with Gasteiger partial charge < -0.3 is 5.32 Å². The number of hydrogen-bond acceptors (Lipinski definition) is 5. The Kier molecular flexibility index (Phi) is 8.55. The minimum Gasteiger partial charge on any atom is -0.302 e. The van der Waals surface area contributed by atoms with Crippen molar-refractivity contribution in [3.8, 4) is 0 Å². The fourth-order valence-corrected chi connectivity index (χ4v) is 4.00. The zero-order valence-electron chi connectivity index (χ0n) is 14.1. The van der Waals surface area contributed by atoms with Gasteiger partial charge in [-0.15, -0.1) is 11.3 Å². The minimum atomic E-state index is -0.0696. The van der Waals surface area contributed by atoms with Crippen LogP contribution >= 0.6 is 24.8 Å². The SMILES string of the molecule is C.CC(=O)Nc1ncc(CN2CCC(Cc3ccnc(C)c3)C2)s1.S. The first-order valence-electron chi connectivity index (χ1n) is 7.94. The summed E-state index contributed by atoms with van der Waals surface area (Å²) in [6.07, 6.45) is 6.13. The van der Waals surface area contributed by atoms with Crippen molar-refractivity contribution in [2.24, 2.45) is 5.92 Å². The van der Waals surface area contributed by atoms with Crippen LogP contribution in [0.3, 0.4) is 0 Å². The van der Waals surface area contributed by atoms with Gasteiger partial charge in [-0.25, -0.2) is 4.98 Å². The van der Waals surface area contributed by atoms with E-state index in [2.05, 4.69) is 32.3 Å². The Balaban J connectivity index is 0.00000156. The molecular formula is C18H28N4OS2. The molecule has 0 aliphatic carbocycles. The first kappa shape index (κ1) is 21.6. The largest absolute Gasteiger partial charge is 0.302 e. The first-order chi connectivity index (χ1) is 11.1. The van der Waals surface area contributed by atoms with Gasteiger partial charge in [-0.3, -0.25) is 14.7 Å². The number of aryl methyl sites for hydroxylation is 1. The molecule has 1 unspecified atom stereocenters. The van der Waals surface area contributed by atoms with Gasteiger partial charge in [-0.1, -0.05) is 7.43 Å². The minimum absolute atomic E-state index is 0. The second kappa shape index (κ2) is 9.89. The predicted octanol–water partition coefficient (Wildman–Crippen LogP) is 3.62. The van der Waals surface area contributed by atoms with E-state index >= 15 is 0 Å². The van der Waals surface area contributed by atoms with Crippen molar-refractivity contribution in [1.82, 2.24) is 14.9 Å². The number of carbonyl (C=O) groups is 1. The Bertz CT molecular complexity index is 689. The number of thiazole rings is 1. The summed E-state index contributed by atoms with van der Waals surface area (Å²) in [4.78, 5) is 23.2. The van der Waals surface area contributed by atoms with Crippen molar-refractivity contribution in [3.63, 3.8) is 0 Å². The molecule has 25 heavy (non-hydrogen) atoms. The maximum Gasteiger partial charge on any atom is 0.223 e. The van der Waals surface area contributed by atoms with E-state index < -0.39 is 0 Å². The number of likely N-dealkylation sites (tertiary alicyclic amines) is 1. The van der Waals surface area contributed by atoms with Gasteiger partial charge in [0.05, 0.1) is 0 Å². The fraction of sp³-hybridized carbons (Fsp3) is 0.500. The van der Waals surface area contributed by atoms with Crippen molar-refractivity contribution in [3.05, 3.63) is 40.7 Å². The molecule has 1 N–H and O–H groups in total. The number of carbonyl (C=O) groups excluding carboxylic acids is 1. The summed E-state index contributed by atoms with van der Waals surface area (Å²) in [6, 6.07) is 4.31. The van der Waals surface area contributed by atoms with Gasteiger partial charge in [0.15, 0.2) is 5.13 Å². The molecule has 1 atom stereocenters. The van der Waals surface area contributed by atoms with Crippen LogP contribution in [-0.2, 0) is 17.8 Å².